The van der Waals surface area contributed by atoms with Crippen LogP contribution in [0.25, 0.3) is 0 Å². The van der Waals surface area contributed by atoms with Crippen LogP contribution in [0.5, 0.6) is 5.75 Å². The molecule has 7 nitrogen and oxygen atoms in total. The van der Waals surface area contributed by atoms with E-state index in [1.165, 1.54) is 36.9 Å². The van der Waals surface area contributed by atoms with E-state index < -0.39 is 0 Å². The van der Waals surface area contributed by atoms with E-state index in [0.717, 1.165) is 43.7 Å². The van der Waals surface area contributed by atoms with Gasteiger partial charge in [-0.15, -0.1) is 5.10 Å². The summed E-state index contributed by atoms with van der Waals surface area (Å²) in [7, 11) is 1.72. The first kappa shape index (κ1) is 21.1. The normalized spacial score (nSPS) is 19.3. The molecule has 1 aromatic heterocycles. The van der Waals surface area contributed by atoms with Gasteiger partial charge in [0.1, 0.15) is 5.75 Å². The molecule has 1 saturated heterocycles. The lowest BCUT2D eigenvalue weighted by Crippen LogP contribution is -2.42. The molecule has 1 aliphatic heterocycles. The summed E-state index contributed by atoms with van der Waals surface area (Å²) < 4.78 is 7.50. The molecule has 1 aliphatic carbocycles. The smallest absolute Gasteiger partial charge is 0.173 e. The quantitative estimate of drug-likeness (QED) is 0.571. The highest BCUT2D eigenvalue weighted by Gasteiger charge is 2.32. The Labute approximate surface area is 190 Å². The number of hydrogen-bond donors (Lipinski definition) is 0. The molecule has 2 heterocycles. The molecule has 7 heteroatoms. The molecule has 1 atom stereocenters. The van der Waals surface area contributed by atoms with Gasteiger partial charge in [-0.2, -0.15) is 0 Å². The van der Waals surface area contributed by atoms with Crippen LogP contribution < -0.4 is 4.74 Å². The minimum absolute atomic E-state index is 0.00912. The Morgan fingerprint density at radius 3 is 2.62 bits per heavy atom. The van der Waals surface area contributed by atoms with Gasteiger partial charge >= 0.3 is 0 Å². The molecule has 0 radical (unpaired) electrons. The molecule has 1 saturated carbocycles. The van der Waals surface area contributed by atoms with E-state index in [9.17, 15) is 0 Å². The van der Waals surface area contributed by atoms with Crippen LogP contribution in [0, 0.1) is 0 Å². The minimum atomic E-state index is -0.00912. The molecular weight excluding hydrogens is 400 g/mol. The monoisotopic (exact) mass is 432 g/mol. The summed E-state index contributed by atoms with van der Waals surface area (Å²) in [5.74, 6) is 1.75. The van der Waals surface area contributed by atoms with E-state index >= 15 is 0 Å². The fraction of sp³-hybridized carbons (Fsp3) is 0.480. The van der Waals surface area contributed by atoms with Crippen molar-refractivity contribution in [2.45, 2.75) is 44.3 Å². The maximum Gasteiger partial charge on any atom is 0.173 e. The number of tetrazole rings is 1. The van der Waals surface area contributed by atoms with Crippen molar-refractivity contribution < 1.29 is 4.74 Å². The summed E-state index contributed by atoms with van der Waals surface area (Å²) in [6.45, 7) is 4.98. The molecule has 0 N–H and O–H groups in total. The van der Waals surface area contributed by atoms with Gasteiger partial charge in [0.15, 0.2) is 5.82 Å². The van der Waals surface area contributed by atoms with Crippen molar-refractivity contribution in [3.8, 4) is 5.75 Å². The zero-order valence-electron chi connectivity index (χ0n) is 18.8. The van der Waals surface area contributed by atoms with E-state index in [1.807, 2.05) is 16.8 Å². The van der Waals surface area contributed by atoms with Crippen molar-refractivity contribution in [3.63, 3.8) is 0 Å². The number of benzene rings is 2. The van der Waals surface area contributed by atoms with Crippen LogP contribution in [-0.4, -0.2) is 69.3 Å². The van der Waals surface area contributed by atoms with Crippen LogP contribution in [0.2, 0.25) is 0 Å². The second kappa shape index (κ2) is 9.79. The summed E-state index contributed by atoms with van der Waals surface area (Å²) in [5, 5.41) is 13.0. The number of methoxy groups -OCH3 is 1. The van der Waals surface area contributed by atoms with Crippen LogP contribution in [0.4, 0.5) is 0 Å². The molecule has 2 aliphatic rings. The highest BCUT2D eigenvalue weighted by atomic mass is 16.5. The summed E-state index contributed by atoms with van der Waals surface area (Å²) in [6.07, 6.45) is 5.26. The van der Waals surface area contributed by atoms with Crippen molar-refractivity contribution >= 4 is 0 Å². The zero-order chi connectivity index (χ0) is 21.8. The topological polar surface area (TPSA) is 59.3 Å². The van der Waals surface area contributed by atoms with Gasteiger partial charge in [0.25, 0.3) is 0 Å². The lowest BCUT2D eigenvalue weighted by atomic mass is 9.91. The van der Waals surface area contributed by atoms with E-state index in [1.54, 1.807) is 7.11 Å². The Bertz CT molecular complexity index is 1000. The first-order chi connectivity index (χ1) is 15.8. The van der Waals surface area contributed by atoms with Crippen molar-refractivity contribution in [2.75, 3.05) is 33.3 Å². The summed E-state index contributed by atoms with van der Waals surface area (Å²) in [4.78, 5) is 5.25. The van der Waals surface area contributed by atoms with Gasteiger partial charge < -0.3 is 4.74 Å². The molecule has 32 heavy (non-hydrogen) atoms. The van der Waals surface area contributed by atoms with Crippen molar-refractivity contribution in [1.82, 2.24) is 30.0 Å². The first-order valence-corrected chi connectivity index (χ1v) is 11.7. The molecule has 0 amide bonds. The maximum atomic E-state index is 5.55. The van der Waals surface area contributed by atoms with Crippen LogP contribution in [0.3, 0.4) is 0 Å². The van der Waals surface area contributed by atoms with Gasteiger partial charge in [0.2, 0.25) is 0 Å². The number of ether oxygens (including phenoxy) is 1. The standard InChI is InChI=1S/C25H32N6O/c1-32-23-13-5-10-21(18-23)24(30-15-7-14-29(16-17-30)22-11-6-12-22)25-26-27-28-31(25)19-20-8-3-2-4-9-20/h2-5,8-10,13,18,22,24H,6-7,11-12,14-17,19H2,1H3. The molecule has 0 bridgehead atoms. The Balaban J connectivity index is 1.46. The van der Waals surface area contributed by atoms with Crippen LogP contribution >= 0.6 is 0 Å². The van der Waals surface area contributed by atoms with Crippen LogP contribution in [-0.2, 0) is 6.54 Å². The first-order valence-electron chi connectivity index (χ1n) is 11.7. The average molecular weight is 433 g/mol. The van der Waals surface area contributed by atoms with Crippen LogP contribution in [0.1, 0.15) is 48.7 Å². The number of nitrogens with zero attached hydrogens (tertiary/aromatic N) is 6. The molecular formula is C25H32N6O. The number of rotatable bonds is 7. The lowest BCUT2D eigenvalue weighted by molar-refractivity contribution is 0.127. The van der Waals surface area contributed by atoms with Crippen LogP contribution in [0.15, 0.2) is 54.6 Å². The molecule has 5 rings (SSSR count). The Kier molecular flexibility index (Phi) is 6.46. The van der Waals surface area contributed by atoms with Gasteiger partial charge in [-0.3, -0.25) is 9.80 Å². The number of aromatic nitrogens is 4. The molecule has 2 aromatic carbocycles. The van der Waals surface area contributed by atoms with E-state index in [2.05, 4.69) is 67.8 Å². The summed E-state index contributed by atoms with van der Waals surface area (Å²) >= 11 is 0. The maximum absolute atomic E-state index is 5.55. The Morgan fingerprint density at radius 2 is 1.84 bits per heavy atom. The predicted octanol–water partition coefficient (Wildman–Crippen LogP) is 3.38. The molecule has 3 aromatic rings. The third kappa shape index (κ3) is 4.54. The highest BCUT2D eigenvalue weighted by molar-refractivity contribution is 5.33. The molecule has 168 valence electrons. The van der Waals surface area contributed by atoms with E-state index in [0.29, 0.717) is 6.54 Å². The molecule has 2 fully saturated rings. The fourth-order valence-corrected chi connectivity index (χ4v) is 4.94. The average Bonchev–Trinajstić information content (AvgIpc) is 3.10. The second-order valence-corrected chi connectivity index (χ2v) is 8.87. The van der Waals surface area contributed by atoms with Crippen molar-refractivity contribution in [2.24, 2.45) is 0 Å². The zero-order valence-corrected chi connectivity index (χ0v) is 18.8. The second-order valence-electron chi connectivity index (χ2n) is 8.87. The third-order valence-corrected chi connectivity index (χ3v) is 6.91. The predicted molar refractivity (Wildman–Crippen MR) is 124 cm³/mol. The summed E-state index contributed by atoms with van der Waals surface area (Å²) in [5.41, 5.74) is 2.36. The van der Waals surface area contributed by atoms with E-state index in [4.69, 9.17) is 4.74 Å². The Morgan fingerprint density at radius 1 is 0.969 bits per heavy atom. The van der Waals surface area contributed by atoms with Crippen molar-refractivity contribution in [3.05, 3.63) is 71.5 Å². The fourth-order valence-electron chi connectivity index (χ4n) is 4.94. The SMILES string of the molecule is COc1cccc(C(c2nnnn2Cc2ccccc2)N2CCCN(C3CCC3)CC2)c1. The van der Waals surface area contributed by atoms with Gasteiger partial charge in [-0.1, -0.05) is 48.9 Å². The van der Waals surface area contributed by atoms with Gasteiger partial charge in [-0.05, 0) is 59.5 Å². The van der Waals surface area contributed by atoms with Gasteiger partial charge in [0, 0.05) is 25.7 Å². The molecule has 0 spiro atoms. The van der Waals surface area contributed by atoms with Gasteiger partial charge in [0.05, 0.1) is 19.7 Å². The Hall–Kier alpha value is -2.77. The highest BCUT2D eigenvalue weighted by Crippen LogP contribution is 2.32. The largest absolute Gasteiger partial charge is 0.497 e. The van der Waals surface area contributed by atoms with Crippen molar-refractivity contribution in [1.29, 1.82) is 0 Å². The lowest BCUT2D eigenvalue weighted by Gasteiger charge is -2.37. The third-order valence-electron chi connectivity index (χ3n) is 6.91. The minimum Gasteiger partial charge on any atom is -0.497 e. The molecule has 1 unspecified atom stereocenters. The van der Waals surface area contributed by atoms with Gasteiger partial charge in [-0.25, -0.2) is 4.68 Å². The summed E-state index contributed by atoms with van der Waals surface area (Å²) in [6, 6.07) is 19.5. The van der Waals surface area contributed by atoms with E-state index in [-0.39, 0.29) is 6.04 Å². The number of hydrogen-bond acceptors (Lipinski definition) is 6.